The summed E-state index contributed by atoms with van der Waals surface area (Å²) in [5.41, 5.74) is 1.03. The number of rotatable bonds is 5. The molecular formula is C18H22N6O2. The summed E-state index contributed by atoms with van der Waals surface area (Å²) in [5.74, 6) is 0.148. The molecule has 0 aliphatic carbocycles. The van der Waals surface area contributed by atoms with E-state index in [1.165, 1.54) is 0 Å². The monoisotopic (exact) mass is 354 g/mol. The summed E-state index contributed by atoms with van der Waals surface area (Å²) < 4.78 is 1.95. The van der Waals surface area contributed by atoms with Crippen molar-refractivity contribution >= 4 is 17.6 Å². The Morgan fingerprint density at radius 3 is 2.81 bits per heavy atom. The van der Waals surface area contributed by atoms with Gasteiger partial charge in [0.05, 0.1) is 18.3 Å². The summed E-state index contributed by atoms with van der Waals surface area (Å²) in [7, 11) is 2.03. The molecule has 2 aromatic heterocycles. The molecule has 2 fully saturated rings. The molecule has 26 heavy (non-hydrogen) atoms. The molecule has 136 valence electrons. The second-order valence-corrected chi connectivity index (χ2v) is 7.10. The van der Waals surface area contributed by atoms with Crippen molar-refractivity contribution in [3.8, 4) is 0 Å². The topological polar surface area (TPSA) is 83.4 Å². The molecule has 0 aromatic carbocycles. The fourth-order valence-corrected chi connectivity index (χ4v) is 3.53. The zero-order chi connectivity index (χ0) is 18.1. The number of pyridine rings is 1. The summed E-state index contributed by atoms with van der Waals surface area (Å²) in [6.07, 6.45) is 7.39. The Labute approximate surface area is 151 Å². The average Bonchev–Trinajstić information content (AvgIpc) is 3.23. The van der Waals surface area contributed by atoms with E-state index in [1.807, 2.05) is 28.8 Å². The normalized spacial score (nSPS) is 21.0. The second kappa shape index (κ2) is 6.87. The van der Waals surface area contributed by atoms with E-state index in [1.54, 1.807) is 24.8 Å². The van der Waals surface area contributed by atoms with Crippen LogP contribution in [-0.2, 0) is 16.1 Å². The minimum absolute atomic E-state index is 0.0758. The molecule has 0 spiro atoms. The zero-order valence-electron chi connectivity index (χ0n) is 14.7. The van der Waals surface area contributed by atoms with Crippen LogP contribution in [-0.4, -0.2) is 68.9 Å². The zero-order valence-corrected chi connectivity index (χ0v) is 14.7. The van der Waals surface area contributed by atoms with Crippen LogP contribution in [0.3, 0.4) is 0 Å². The lowest BCUT2D eigenvalue weighted by Crippen LogP contribution is -2.58. The molecule has 1 atom stereocenters. The Balaban J connectivity index is 1.32. The molecule has 2 aliphatic rings. The SMILES string of the molecule is CN1CC(N2CC(C(=O)Nc3ccc(Cn4ccnc4)cn3)CC2=O)C1. The minimum Gasteiger partial charge on any atom is -0.336 e. The van der Waals surface area contributed by atoms with Crippen molar-refractivity contribution in [2.75, 3.05) is 32.0 Å². The molecule has 2 aromatic rings. The fraction of sp³-hybridized carbons (Fsp3) is 0.444. The van der Waals surface area contributed by atoms with Gasteiger partial charge in [0.25, 0.3) is 0 Å². The van der Waals surface area contributed by atoms with Gasteiger partial charge in [-0.15, -0.1) is 0 Å². The molecule has 8 heteroatoms. The highest BCUT2D eigenvalue weighted by molar-refractivity contribution is 5.96. The third-order valence-electron chi connectivity index (χ3n) is 5.02. The predicted molar refractivity (Wildman–Crippen MR) is 95.3 cm³/mol. The lowest BCUT2D eigenvalue weighted by Gasteiger charge is -2.42. The highest BCUT2D eigenvalue weighted by Crippen LogP contribution is 2.25. The van der Waals surface area contributed by atoms with Crippen molar-refractivity contribution < 1.29 is 9.59 Å². The van der Waals surface area contributed by atoms with E-state index in [0.717, 1.165) is 18.7 Å². The van der Waals surface area contributed by atoms with Gasteiger partial charge in [-0.3, -0.25) is 9.59 Å². The molecule has 1 N–H and O–H groups in total. The van der Waals surface area contributed by atoms with Gasteiger partial charge in [-0.2, -0.15) is 0 Å². The number of nitrogens with zero attached hydrogens (tertiary/aromatic N) is 5. The Hall–Kier alpha value is -2.74. The van der Waals surface area contributed by atoms with Crippen LogP contribution < -0.4 is 5.32 Å². The van der Waals surface area contributed by atoms with E-state index >= 15 is 0 Å². The third-order valence-corrected chi connectivity index (χ3v) is 5.02. The maximum absolute atomic E-state index is 12.5. The van der Waals surface area contributed by atoms with E-state index in [0.29, 0.717) is 18.9 Å². The standard InChI is InChI=1S/C18H22N6O2/c1-22-10-15(11-22)24-9-14(6-17(24)25)18(26)21-16-3-2-13(7-20-16)8-23-5-4-19-12-23/h2-5,7,12,14-15H,6,8-11H2,1H3,(H,20,21,26). The quantitative estimate of drug-likeness (QED) is 0.842. The maximum atomic E-state index is 12.5. The van der Waals surface area contributed by atoms with Gasteiger partial charge in [0.2, 0.25) is 11.8 Å². The molecule has 0 radical (unpaired) electrons. The average molecular weight is 354 g/mol. The van der Waals surface area contributed by atoms with Gasteiger partial charge in [-0.25, -0.2) is 9.97 Å². The van der Waals surface area contributed by atoms with E-state index in [4.69, 9.17) is 0 Å². The van der Waals surface area contributed by atoms with Crippen LogP contribution in [0.5, 0.6) is 0 Å². The number of imidazole rings is 1. The van der Waals surface area contributed by atoms with Crippen LogP contribution >= 0.6 is 0 Å². The van der Waals surface area contributed by atoms with Gasteiger partial charge in [-0.1, -0.05) is 6.07 Å². The summed E-state index contributed by atoms with van der Waals surface area (Å²) in [5, 5.41) is 2.84. The molecule has 2 aliphatic heterocycles. The summed E-state index contributed by atoms with van der Waals surface area (Å²) in [6, 6.07) is 3.98. The number of carbonyl (C=O) groups excluding carboxylic acids is 2. The Bertz CT molecular complexity index is 783. The second-order valence-electron chi connectivity index (χ2n) is 7.10. The van der Waals surface area contributed by atoms with Gasteiger partial charge in [0.15, 0.2) is 0 Å². The number of nitrogens with one attached hydrogen (secondary N) is 1. The summed E-state index contributed by atoms with van der Waals surface area (Å²) in [4.78, 5) is 37.0. The van der Waals surface area contributed by atoms with Crippen molar-refractivity contribution in [1.29, 1.82) is 0 Å². The largest absolute Gasteiger partial charge is 0.336 e. The van der Waals surface area contributed by atoms with Gasteiger partial charge in [0, 0.05) is 51.2 Å². The van der Waals surface area contributed by atoms with Crippen LogP contribution in [0.4, 0.5) is 5.82 Å². The third kappa shape index (κ3) is 3.45. The predicted octanol–water partition coefficient (Wildman–Crippen LogP) is 0.427. The first-order valence-electron chi connectivity index (χ1n) is 8.78. The number of anilines is 1. The Morgan fingerprint density at radius 2 is 2.15 bits per heavy atom. The number of hydrogen-bond donors (Lipinski definition) is 1. The number of carbonyl (C=O) groups is 2. The van der Waals surface area contributed by atoms with Crippen LogP contribution in [0.25, 0.3) is 0 Å². The smallest absolute Gasteiger partial charge is 0.230 e. The Morgan fingerprint density at radius 1 is 1.31 bits per heavy atom. The molecule has 0 bridgehead atoms. The van der Waals surface area contributed by atoms with Crippen molar-refractivity contribution in [2.24, 2.45) is 5.92 Å². The molecule has 1 unspecified atom stereocenters. The fourth-order valence-electron chi connectivity index (χ4n) is 3.53. The van der Waals surface area contributed by atoms with Crippen LogP contribution in [0.15, 0.2) is 37.1 Å². The summed E-state index contributed by atoms with van der Waals surface area (Å²) in [6.45, 7) is 2.96. The van der Waals surface area contributed by atoms with E-state index in [-0.39, 0.29) is 30.2 Å². The first-order chi connectivity index (χ1) is 12.6. The highest BCUT2D eigenvalue weighted by atomic mass is 16.2. The van der Waals surface area contributed by atoms with Crippen LogP contribution in [0.2, 0.25) is 0 Å². The molecule has 2 amide bonds. The van der Waals surface area contributed by atoms with Crippen molar-refractivity contribution in [1.82, 2.24) is 24.3 Å². The van der Waals surface area contributed by atoms with Crippen molar-refractivity contribution in [2.45, 2.75) is 19.0 Å². The van der Waals surface area contributed by atoms with E-state index in [2.05, 4.69) is 20.2 Å². The molecule has 4 heterocycles. The maximum Gasteiger partial charge on any atom is 0.230 e. The van der Waals surface area contributed by atoms with Crippen LogP contribution in [0.1, 0.15) is 12.0 Å². The number of amides is 2. The van der Waals surface area contributed by atoms with Crippen molar-refractivity contribution in [3.05, 3.63) is 42.6 Å². The first kappa shape index (κ1) is 16.7. The molecule has 2 saturated heterocycles. The van der Waals surface area contributed by atoms with Gasteiger partial charge >= 0.3 is 0 Å². The lowest BCUT2D eigenvalue weighted by molar-refractivity contribution is -0.132. The van der Waals surface area contributed by atoms with Crippen molar-refractivity contribution in [3.63, 3.8) is 0 Å². The summed E-state index contributed by atoms with van der Waals surface area (Å²) >= 11 is 0. The number of likely N-dealkylation sites (N-methyl/N-ethyl adjacent to an activating group) is 1. The van der Waals surface area contributed by atoms with E-state index in [9.17, 15) is 9.59 Å². The number of hydrogen-bond acceptors (Lipinski definition) is 5. The first-order valence-corrected chi connectivity index (χ1v) is 8.78. The molecular weight excluding hydrogens is 332 g/mol. The molecule has 4 rings (SSSR count). The molecule has 0 saturated carbocycles. The minimum atomic E-state index is -0.305. The van der Waals surface area contributed by atoms with Gasteiger partial charge in [-0.05, 0) is 18.7 Å². The van der Waals surface area contributed by atoms with Gasteiger partial charge < -0.3 is 19.7 Å². The van der Waals surface area contributed by atoms with E-state index < -0.39 is 0 Å². The molecule has 8 nitrogen and oxygen atoms in total. The number of likely N-dealkylation sites (tertiary alicyclic amines) is 2. The van der Waals surface area contributed by atoms with Crippen LogP contribution in [0, 0.1) is 5.92 Å². The Kier molecular flexibility index (Phi) is 4.42. The lowest BCUT2D eigenvalue weighted by atomic mass is 10.1. The van der Waals surface area contributed by atoms with Gasteiger partial charge in [0.1, 0.15) is 5.82 Å². The highest BCUT2D eigenvalue weighted by Gasteiger charge is 2.41. The number of aromatic nitrogens is 3.